The largest absolute Gasteiger partial charge is 0.381 e. The van der Waals surface area contributed by atoms with Gasteiger partial charge in [-0.3, -0.25) is 4.68 Å². The van der Waals surface area contributed by atoms with Crippen LogP contribution in [0.1, 0.15) is 17.7 Å². The summed E-state index contributed by atoms with van der Waals surface area (Å²) >= 11 is 0. The lowest BCUT2D eigenvalue weighted by molar-refractivity contribution is 0.185. The zero-order chi connectivity index (χ0) is 10.7. The summed E-state index contributed by atoms with van der Waals surface area (Å²) in [4.78, 5) is 0. The molecule has 0 bridgehead atoms. The summed E-state index contributed by atoms with van der Waals surface area (Å²) in [5.74, 6) is 0.696. The van der Waals surface area contributed by atoms with E-state index in [1.54, 1.807) is 0 Å². The number of aromatic nitrogens is 2. The van der Waals surface area contributed by atoms with Gasteiger partial charge in [-0.15, -0.1) is 0 Å². The van der Waals surface area contributed by atoms with Gasteiger partial charge in [-0.05, 0) is 19.3 Å². The van der Waals surface area contributed by atoms with Crippen molar-refractivity contribution in [2.45, 2.75) is 19.9 Å². The Morgan fingerprint density at radius 1 is 1.67 bits per heavy atom. The van der Waals surface area contributed by atoms with Gasteiger partial charge in [0.25, 0.3) is 0 Å². The van der Waals surface area contributed by atoms with Crippen LogP contribution in [0.25, 0.3) is 0 Å². The first-order valence-corrected chi connectivity index (χ1v) is 5.53. The Bertz CT molecular complexity index is 316. The second-order valence-electron chi connectivity index (χ2n) is 4.27. The zero-order valence-corrected chi connectivity index (χ0v) is 9.49. The minimum absolute atomic E-state index is 0.696. The number of nitrogens with one attached hydrogen (secondary N) is 1. The summed E-state index contributed by atoms with van der Waals surface area (Å²) in [7, 11) is 1.96. The van der Waals surface area contributed by atoms with Crippen molar-refractivity contribution in [1.29, 1.82) is 0 Å². The minimum atomic E-state index is 0.696. The summed E-state index contributed by atoms with van der Waals surface area (Å²) in [6.45, 7) is 5.86. The monoisotopic (exact) mass is 209 g/mol. The van der Waals surface area contributed by atoms with Gasteiger partial charge in [-0.2, -0.15) is 5.10 Å². The number of ether oxygens (including phenoxy) is 1. The maximum atomic E-state index is 5.33. The van der Waals surface area contributed by atoms with E-state index in [4.69, 9.17) is 4.74 Å². The Hall–Kier alpha value is -0.870. The molecule has 15 heavy (non-hydrogen) atoms. The van der Waals surface area contributed by atoms with Crippen molar-refractivity contribution < 1.29 is 4.74 Å². The van der Waals surface area contributed by atoms with Crippen LogP contribution in [0.2, 0.25) is 0 Å². The van der Waals surface area contributed by atoms with Crippen molar-refractivity contribution in [3.63, 3.8) is 0 Å². The maximum Gasteiger partial charge on any atom is 0.0638 e. The molecule has 1 atom stereocenters. The van der Waals surface area contributed by atoms with Crippen LogP contribution in [0, 0.1) is 12.8 Å². The Labute approximate surface area is 90.6 Å². The van der Waals surface area contributed by atoms with Crippen LogP contribution in [0.3, 0.4) is 0 Å². The van der Waals surface area contributed by atoms with E-state index in [1.807, 2.05) is 11.7 Å². The van der Waals surface area contributed by atoms with E-state index in [2.05, 4.69) is 23.5 Å². The molecule has 0 amide bonds. The molecule has 1 aliphatic rings. The molecule has 1 fully saturated rings. The average molecular weight is 209 g/mol. The van der Waals surface area contributed by atoms with E-state index in [9.17, 15) is 0 Å². The van der Waals surface area contributed by atoms with Gasteiger partial charge in [0.2, 0.25) is 0 Å². The first kappa shape index (κ1) is 10.6. The standard InChI is InChI=1S/C11H19N3O/c1-9-11(7-14(2)13-9)6-12-5-10-3-4-15-8-10/h7,10,12H,3-6,8H2,1-2H3. The smallest absolute Gasteiger partial charge is 0.0638 e. The Morgan fingerprint density at radius 2 is 2.53 bits per heavy atom. The van der Waals surface area contributed by atoms with Crippen molar-refractivity contribution in [2.24, 2.45) is 13.0 Å². The normalized spacial score (nSPS) is 21.1. The van der Waals surface area contributed by atoms with E-state index < -0.39 is 0 Å². The van der Waals surface area contributed by atoms with E-state index >= 15 is 0 Å². The van der Waals surface area contributed by atoms with Gasteiger partial charge in [0.1, 0.15) is 0 Å². The maximum absolute atomic E-state index is 5.33. The van der Waals surface area contributed by atoms with Gasteiger partial charge in [0.05, 0.1) is 12.3 Å². The van der Waals surface area contributed by atoms with Crippen LogP contribution in [0.5, 0.6) is 0 Å². The number of nitrogens with zero attached hydrogens (tertiary/aromatic N) is 2. The summed E-state index contributed by atoms with van der Waals surface area (Å²) < 4.78 is 7.20. The molecule has 0 aromatic carbocycles. The van der Waals surface area contributed by atoms with Crippen molar-refractivity contribution in [1.82, 2.24) is 15.1 Å². The minimum Gasteiger partial charge on any atom is -0.381 e. The molecule has 4 heteroatoms. The average Bonchev–Trinajstić information content (AvgIpc) is 2.77. The highest BCUT2D eigenvalue weighted by Crippen LogP contribution is 2.11. The van der Waals surface area contributed by atoms with Gasteiger partial charge >= 0.3 is 0 Å². The van der Waals surface area contributed by atoms with Gasteiger partial charge in [-0.25, -0.2) is 0 Å². The second-order valence-corrected chi connectivity index (χ2v) is 4.27. The third-order valence-electron chi connectivity index (χ3n) is 2.89. The van der Waals surface area contributed by atoms with Gasteiger partial charge in [0.15, 0.2) is 0 Å². The van der Waals surface area contributed by atoms with Crippen LogP contribution in [-0.2, 0) is 18.3 Å². The van der Waals surface area contributed by atoms with Gasteiger partial charge in [0, 0.05) is 38.5 Å². The number of rotatable bonds is 4. The molecule has 1 aliphatic heterocycles. The molecule has 84 valence electrons. The fourth-order valence-corrected chi connectivity index (χ4v) is 1.98. The lowest BCUT2D eigenvalue weighted by Crippen LogP contribution is -2.22. The topological polar surface area (TPSA) is 39.1 Å². The fraction of sp³-hybridized carbons (Fsp3) is 0.727. The van der Waals surface area contributed by atoms with Crippen molar-refractivity contribution in [3.8, 4) is 0 Å². The number of hydrogen-bond donors (Lipinski definition) is 1. The molecule has 0 radical (unpaired) electrons. The Kier molecular flexibility index (Phi) is 3.38. The molecule has 1 saturated heterocycles. The molecule has 1 aromatic heterocycles. The number of hydrogen-bond acceptors (Lipinski definition) is 3. The fourth-order valence-electron chi connectivity index (χ4n) is 1.98. The molecule has 1 unspecified atom stereocenters. The number of aryl methyl sites for hydroxylation is 2. The van der Waals surface area contributed by atoms with Crippen LogP contribution < -0.4 is 5.32 Å². The van der Waals surface area contributed by atoms with Crippen LogP contribution in [-0.4, -0.2) is 29.5 Å². The lowest BCUT2D eigenvalue weighted by atomic mass is 10.1. The predicted octanol–water partition coefficient (Wildman–Crippen LogP) is 0.855. The third kappa shape index (κ3) is 2.79. The summed E-state index contributed by atoms with van der Waals surface area (Å²) in [6.07, 6.45) is 3.27. The predicted molar refractivity (Wildman–Crippen MR) is 58.6 cm³/mol. The molecule has 1 aromatic rings. The van der Waals surface area contributed by atoms with Gasteiger partial charge in [-0.1, -0.05) is 0 Å². The first-order chi connectivity index (χ1) is 7.25. The van der Waals surface area contributed by atoms with Crippen LogP contribution in [0.4, 0.5) is 0 Å². The van der Waals surface area contributed by atoms with Crippen LogP contribution >= 0.6 is 0 Å². The molecule has 0 aliphatic carbocycles. The molecular formula is C11H19N3O. The second kappa shape index (κ2) is 4.77. The Balaban J connectivity index is 1.75. The summed E-state index contributed by atoms with van der Waals surface area (Å²) in [5.41, 5.74) is 2.41. The zero-order valence-electron chi connectivity index (χ0n) is 9.49. The van der Waals surface area contributed by atoms with E-state index in [0.717, 1.165) is 32.0 Å². The van der Waals surface area contributed by atoms with E-state index in [1.165, 1.54) is 12.0 Å². The first-order valence-electron chi connectivity index (χ1n) is 5.53. The Morgan fingerprint density at radius 3 is 3.13 bits per heavy atom. The highest BCUT2D eigenvalue weighted by molar-refractivity contribution is 5.14. The van der Waals surface area contributed by atoms with Crippen LogP contribution in [0.15, 0.2) is 6.20 Å². The van der Waals surface area contributed by atoms with Crippen molar-refractivity contribution in [2.75, 3.05) is 19.8 Å². The van der Waals surface area contributed by atoms with E-state index in [-0.39, 0.29) is 0 Å². The third-order valence-corrected chi connectivity index (χ3v) is 2.89. The lowest BCUT2D eigenvalue weighted by Gasteiger charge is -2.08. The highest BCUT2D eigenvalue weighted by atomic mass is 16.5. The molecule has 2 rings (SSSR count). The molecule has 1 N–H and O–H groups in total. The molecular weight excluding hydrogens is 190 g/mol. The quantitative estimate of drug-likeness (QED) is 0.799. The summed E-state index contributed by atoms with van der Waals surface area (Å²) in [6, 6.07) is 0. The molecule has 4 nitrogen and oxygen atoms in total. The highest BCUT2D eigenvalue weighted by Gasteiger charge is 2.14. The van der Waals surface area contributed by atoms with Crippen molar-refractivity contribution in [3.05, 3.63) is 17.5 Å². The molecule has 0 spiro atoms. The van der Waals surface area contributed by atoms with E-state index in [0.29, 0.717) is 5.92 Å². The van der Waals surface area contributed by atoms with Gasteiger partial charge < -0.3 is 10.1 Å². The molecule has 0 saturated carbocycles. The van der Waals surface area contributed by atoms with Crippen molar-refractivity contribution >= 4 is 0 Å². The SMILES string of the molecule is Cc1nn(C)cc1CNCC1CCOC1. The molecule has 2 heterocycles. The summed E-state index contributed by atoms with van der Waals surface area (Å²) in [5, 5.41) is 7.78.